The minimum Gasteiger partial charge on any atom is -0.504 e. The third kappa shape index (κ3) is 4.51. The lowest BCUT2D eigenvalue weighted by atomic mass is 10.1. The molecule has 0 saturated heterocycles. The smallest absolute Gasteiger partial charge is 0.416 e. The molecule has 3 N–H and O–H groups in total. The molecule has 8 heteroatoms. The summed E-state index contributed by atoms with van der Waals surface area (Å²) >= 11 is 0. The predicted octanol–water partition coefficient (Wildman–Crippen LogP) is 3.66. The first-order valence-corrected chi connectivity index (χ1v) is 6.83. The second-order valence-corrected chi connectivity index (χ2v) is 4.95. The maximum Gasteiger partial charge on any atom is 0.416 e. The molecule has 0 bridgehead atoms. The van der Waals surface area contributed by atoms with Crippen LogP contribution >= 0.6 is 0 Å². The van der Waals surface area contributed by atoms with Crippen LogP contribution in [0.4, 0.5) is 18.9 Å². The van der Waals surface area contributed by atoms with Crippen LogP contribution in [0.5, 0.6) is 11.5 Å². The molecule has 0 atom stereocenters. The van der Waals surface area contributed by atoms with Crippen molar-refractivity contribution in [2.75, 3.05) is 5.32 Å². The van der Waals surface area contributed by atoms with Gasteiger partial charge in [-0.1, -0.05) is 12.1 Å². The minimum atomic E-state index is -4.56. The Bertz CT molecular complexity index is 883. The number of alkyl halides is 3. The van der Waals surface area contributed by atoms with Crippen molar-refractivity contribution in [3.05, 3.63) is 59.2 Å². The number of carbonyl (C=O) groups excluding carboxylic acids is 1. The number of nitrogens with one attached hydrogen (secondary N) is 1. The van der Waals surface area contributed by atoms with Crippen LogP contribution in [0.15, 0.2) is 48.0 Å². The van der Waals surface area contributed by atoms with Crippen LogP contribution in [-0.2, 0) is 11.0 Å². The summed E-state index contributed by atoms with van der Waals surface area (Å²) in [6.45, 7) is 0. The number of benzene rings is 2. The standard InChI is InChI=1S/C17H11F3N2O3/c18-17(19,20)12-2-1-3-13(8-12)22-16(25)11(9-21)6-10-4-5-14(23)15(24)7-10/h1-8,23-24H,(H,22,25)/b11-6+. The van der Waals surface area contributed by atoms with E-state index in [1.54, 1.807) is 6.07 Å². The summed E-state index contributed by atoms with van der Waals surface area (Å²) in [5.74, 6) is -1.72. The van der Waals surface area contributed by atoms with Gasteiger partial charge in [-0.05, 0) is 42.0 Å². The number of halogens is 3. The summed E-state index contributed by atoms with van der Waals surface area (Å²) in [6.07, 6.45) is -3.43. The number of amides is 1. The summed E-state index contributed by atoms with van der Waals surface area (Å²) in [7, 11) is 0. The second-order valence-electron chi connectivity index (χ2n) is 4.95. The fourth-order valence-corrected chi connectivity index (χ4v) is 1.92. The molecule has 0 heterocycles. The molecule has 0 spiro atoms. The van der Waals surface area contributed by atoms with Crippen molar-refractivity contribution < 1.29 is 28.2 Å². The van der Waals surface area contributed by atoms with E-state index < -0.39 is 23.4 Å². The molecule has 0 radical (unpaired) electrons. The van der Waals surface area contributed by atoms with Crippen LogP contribution in [0.1, 0.15) is 11.1 Å². The Labute approximate surface area is 140 Å². The van der Waals surface area contributed by atoms with E-state index in [4.69, 9.17) is 5.26 Å². The van der Waals surface area contributed by atoms with Gasteiger partial charge in [0.2, 0.25) is 0 Å². The average molecular weight is 348 g/mol. The van der Waals surface area contributed by atoms with E-state index in [-0.39, 0.29) is 22.6 Å². The molecule has 0 aliphatic heterocycles. The van der Waals surface area contributed by atoms with E-state index in [1.165, 1.54) is 18.2 Å². The molecule has 0 unspecified atom stereocenters. The fraction of sp³-hybridized carbons (Fsp3) is 0.0588. The molecule has 2 aromatic carbocycles. The molecule has 2 aromatic rings. The number of nitrogens with zero attached hydrogens (tertiary/aromatic N) is 1. The Morgan fingerprint density at radius 2 is 1.84 bits per heavy atom. The van der Waals surface area contributed by atoms with Crippen molar-refractivity contribution in [1.82, 2.24) is 0 Å². The molecule has 0 aliphatic rings. The van der Waals surface area contributed by atoms with Gasteiger partial charge < -0.3 is 15.5 Å². The summed E-state index contributed by atoms with van der Waals surface area (Å²) in [5.41, 5.74) is -1.18. The quantitative estimate of drug-likeness (QED) is 0.448. The zero-order valence-electron chi connectivity index (χ0n) is 12.5. The maximum atomic E-state index is 12.7. The molecule has 1 amide bonds. The monoisotopic (exact) mass is 348 g/mol. The van der Waals surface area contributed by atoms with Gasteiger partial charge in [-0.25, -0.2) is 0 Å². The lowest BCUT2D eigenvalue weighted by Crippen LogP contribution is -2.14. The summed E-state index contributed by atoms with van der Waals surface area (Å²) in [4.78, 5) is 12.1. The second kappa shape index (κ2) is 6.97. The Kier molecular flexibility index (Phi) is 4.98. The van der Waals surface area contributed by atoms with Gasteiger partial charge in [-0.15, -0.1) is 0 Å². The van der Waals surface area contributed by atoms with Gasteiger partial charge in [0.25, 0.3) is 5.91 Å². The number of rotatable bonds is 3. The van der Waals surface area contributed by atoms with Crippen LogP contribution in [-0.4, -0.2) is 16.1 Å². The summed E-state index contributed by atoms with van der Waals surface area (Å²) < 4.78 is 38.0. The number of aromatic hydroxyl groups is 2. The van der Waals surface area contributed by atoms with Crippen molar-refractivity contribution in [3.8, 4) is 17.6 Å². The third-order valence-corrected chi connectivity index (χ3v) is 3.12. The van der Waals surface area contributed by atoms with Gasteiger partial charge in [-0.3, -0.25) is 4.79 Å². The molecule has 0 aromatic heterocycles. The molecular weight excluding hydrogens is 337 g/mol. The first-order chi connectivity index (χ1) is 11.7. The highest BCUT2D eigenvalue weighted by Gasteiger charge is 2.30. The average Bonchev–Trinajstić information content (AvgIpc) is 2.55. The molecule has 0 saturated carbocycles. The predicted molar refractivity (Wildman–Crippen MR) is 83.4 cm³/mol. The van der Waals surface area contributed by atoms with Crippen molar-refractivity contribution in [2.45, 2.75) is 6.18 Å². The zero-order chi connectivity index (χ0) is 18.6. The lowest BCUT2D eigenvalue weighted by Gasteiger charge is -2.09. The maximum absolute atomic E-state index is 12.7. The van der Waals surface area contributed by atoms with Crippen molar-refractivity contribution in [2.24, 2.45) is 0 Å². The SMILES string of the molecule is N#C/C(=C\c1ccc(O)c(O)c1)C(=O)Nc1cccc(C(F)(F)F)c1. The largest absolute Gasteiger partial charge is 0.504 e. The highest BCUT2D eigenvalue weighted by atomic mass is 19.4. The molecular formula is C17H11F3N2O3. The number of phenols is 2. The lowest BCUT2D eigenvalue weighted by molar-refractivity contribution is -0.137. The minimum absolute atomic E-state index is 0.116. The van der Waals surface area contributed by atoms with Crippen LogP contribution in [0.25, 0.3) is 6.08 Å². The highest BCUT2D eigenvalue weighted by Crippen LogP contribution is 2.31. The number of hydrogen-bond acceptors (Lipinski definition) is 4. The van der Waals surface area contributed by atoms with E-state index in [2.05, 4.69) is 5.32 Å². The number of carbonyl (C=O) groups is 1. The van der Waals surface area contributed by atoms with Crippen molar-refractivity contribution >= 4 is 17.7 Å². The Morgan fingerprint density at radius 1 is 1.12 bits per heavy atom. The Hall–Kier alpha value is -3.47. The van der Waals surface area contributed by atoms with E-state index in [9.17, 15) is 28.2 Å². The molecule has 2 rings (SSSR count). The fourth-order valence-electron chi connectivity index (χ4n) is 1.92. The van der Waals surface area contributed by atoms with E-state index in [0.29, 0.717) is 0 Å². The van der Waals surface area contributed by atoms with Crippen molar-refractivity contribution in [1.29, 1.82) is 5.26 Å². The number of anilines is 1. The van der Waals surface area contributed by atoms with Crippen LogP contribution in [0.2, 0.25) is 0 Å². The van der Waals surface area contributed by atoms with E-state index in [0.717, 1.165) is 30.3 Å². The van der Waals surface area contributed by atoms with Gasteiger partial charge in [0.15, 0.2) is 11.5 Å². The first-order valence-electron chi connectivity index (χ1n) is 6.83. The third-order valence-electron chi connectivity index (χ3n) is 3.12. The molecule has 128 valence electrons. The van der Waals surface area contributed by atoms with Crippen LogP contribution < -0.4 is 5.32 Å². The van der Waals surface area contributed by atoms with Crippen LogP contribution in [0.3, 0.4) is 0 Å². The highest BCUT2D eigenvalue weighted by molar-refractivity contribution is 6.09. The van der Waals surface area contributed by atoms with Gasteiger partial charge >= 0.3 is 6.18 Å². The van der Waals surface area contributed by atoms with E-state index >= 15 is 0 Å². The Morgan fingerprint density at radius 3 is 2.44 bits per heavy atom. The Balaban J connectivity index is 2.25. The normalized spacial score (nSPS) is 11.7. The molecule has 0 fully saturated rings. The topological polar surface area (TPSA) is 93.3 Å². The molecule has 0 aliphatic carbocycles. The number of nitriles is 1. The summed E-state index contributed by atoms with van der Waals surface area (Å²) in [5, 5.41) is 29.9. The van der Waals surface area contributed by atoms with E-state index in [1.807, 2.05) is 0 Å². The first kappa shape index (κ1) is 17.9. The van der Waals surface area contributed by atoms with Crippen LogP contribution in [0, 0.1) is 11.3 Å². The van der Waals surface area contributed by atoms with Gasteiger partial charge in [0.05, 0.1) is 5.56 Å². The van der Waals surface area contributed by atoms with Gasteiger partial charge in [-0.2, -0.15) is 18.4 Å². The van der Waals surface area contributed by atoms with Gasteiger partial charge in [0, 0.05) is 5.69 Å². The van der Waals surface area contributed by atoms with Crippen molar-refractivity contribution in [3.63, 3.8) is 0 Å². The number of hydrogen-bond donors (Lipinski definition) is 3. The molecule has 25 heavy (non-hydrogen) atoms. The summed E-state index contributed by atoms with van der Waals surface area (Å²) in [6, 6.07) is 9.28. The molecule has 5 nitrogen and oxygen atoms in total. The number of phenolic OH excluding ortho intramolecular Hbond substituents is 2. The van der Waals surface area contributed by atoms with Gasteiger partial charge in [0.1, 0.15) is 11.6 Å². The zero-order valence-corrected chi connectivity index (χ0v) is 12.5.